The van der Waals surface area contributed by atoms with Gasteiger partial charge in [0.1, 0.15) is 5.82 Å². The van der Waals surface area contributed by atoms with Gasteiger partial charge >= 0.3 is 5.97 Å². The van der Waals surface area contributed by atoms with Gasteiger partial charge in [-0.25, -0.2) is 9.18 Å². The average molecular weight is 260 g/mol. The third-order valence-corrected chi connectivity index (χ3v) is 2.29. The first kappa shape index (κ1) is 13.4. The number of hydrogen-bond donors (Lipinski definition) is 2. The van der Waals surface area contributed by atoms with E-state index in [-0.39, 0.29) is 17.7 Å². The van der Waals surface area contributed by atoms with Crippen molar-refractivity contribution in [1.82, 2.24) is 0 Å². The molecule has 0 aliphatic rings. The molecule has 4 nitrogen and oxygen atoms in total. The maximum absolute atomic E-state index is 13.3. The summed E-state index contributed by atoms with van der Waals surface area (Å²) in [7, 11) is 0. The second kappa shape index (κ2) is 6.20. The van der Waals surface area contributed by atoms with Crippen LogP contribution in [0.1, 0.15) is 23.2 Å². The number of carboxylic acid groups (broad SMARTS) is 1. The van der Waals surface area contributed by atoms with Gasteiger partial charge in [0.15, 0.2) is 0 Å². The first-order valence-electron chi connectivity index (χ1n) is 4.93. The molecule has 0 fully saturated rings. The fourth-order valence-corrected chi connectivity index (χ4v) is 1.33. The van der Waals surface area contributed by atoms with Crippen LogP contribution >= 0.6 is 11.6 Å². The molecule has 92 valence electrons. The summed E-state index contributed by atoms with van der Waals surface area (Å²) in [5.41, 5.74) is -0.219. The second-order valence-corrected chi connectivity index (χ2v) is 3.72. The van der Waals surface area contributed by atoms with Crippen molar-refractivity contribution in [3.63, 3.8) is 0 Å². The Morgan fingerprint density at radius 2 is 2.12 bits per heavy atom. The molecule has 0 heterocycles. The van der Waals surface area contributed by atoms with Gasteiger partial charge in [-0.15, -0.1) is 11.6 Å². The van der Waals surface area contributed by atoms with E-state index in [1.807, 2.05) is 0 Å². The number of carbonyl (C=O) groups is 2. The Labute approximate surface area is 102 Å². The van der Waals surface area contributed by atoms with Gasteiger partial charge in [0.2, 0.25) is 5.91 Å². The van der Waals surface area contributed by atoms with E-state index in [0.29, 0.717) is 12.3 Å². The van der Waals surface area contributed by atoms with Gasteiger partial charge in [-0.3, -0.25) is 4.79 Å². The molecule has 1 rings (SSSR count). The van der Waals surface area contributed by atoms with Gasteiger partial charge < -0.3 is 10.4 Å². The Bertz CT molecular complexity index is 437. The Kier molecular flexibility index (Phi) is 4.90. The van der Waals surface area contributed by atoms with Gasteiger partial charge in [-0.1, -0.05) is 0 Å². The van der Waals surface area contributed by atoms with Crippen LogP contribution in [0.15, 0.2) is 18.2 Å². The number of benzene rings is 1. The Hall–Kier alpha value is -1.62. The normalized spacial score (nSPS) is 10.0. The van der Waals surface area contributed by atoms with E-state index in [1.54, 1.807) is 0 Å². The van der Waals surface area contributed by atoms with Crippen molar-refractivity contribution < 1.29 is 19.1 Å². The zero-order valence-electron chi connectivity index (χ0n) is 8.87. The van der Waals surface area contributed by atoms with E-state index in [4.69, 9.17) is 16.7 Å². The molecule has 0 saturated heterocycles. The number of anilines is 1. The van der Waals surface area contributed by atoms with Crippen LogP contribution in [0.25, 0.3) is 0 Å². The third kappa shape index (κ3) is 4.03. The molecule has 0 unspecified atom stereocenters. The summed E-state index contributed by atoms with van der Waals surface area (Å²) in [5, 5.41) is 11.0. The van der Waals surface area contributed by atoms with Crippen molar-refractivity contribution in [2.24, 2.45) is 0 Å². The fourth-order valence-electron chi connectivity index (χ4n) is 1.19. The molecule has 0 aliphatic heterocycles. The molecule has 0 spiro atoms. The lowest BCUT2D eigenvalue weighted by atomic mass is 10.2. The quantitative estimate of drug-likeness (QED) is 0.799. The zero-order chi connectivity index (χ0) is 12.8. The molecule has 6 heteroatoms. The van der Waals surface area contributed by atoms with Crippen LogP contribution in [0, 0.1) is 5.82 Å². The molecule has 0 saturated carbocycles. The molecule has 0 atom stereocenters. The molecule has 2 N–H and O–H groups in total. The highest BCUT2D eigenvalue weighted by molar-refractivity contribution is 6.18. The number of amides is 1. The molecular weight excluding hydrogens is 249 g/mol. The lowest BCUT2D eigenvalue weighted by Gasteiger charge is -2.06. The summed E-state index contributed by atoms with van der Waals surface area (Å²) in [6, 6.07) is 3.21. The number of carbonyl (C=O) groups excluding carboxylic acids is 1. The average Bonchev–Trinajstić information content (AvgIpc) is 2.29. The molecular formula is C11H11ClFNO3. The number of halogens is 2. The smallest absolute Gasteiger partial charge is 0.335 e. The van der Waals surface area contributed by atoms with Crippen LogP contribution in [0.5, 0.6) is 0 Å². The van der Waals surface area contributed by atoms with E-state index in [0.717, 1.165) is 18.2 Å². The molecule has 0 aliphatic carbocycles. The van der Waals surface area contributed by atoms with Crippen molar-refractivity contribution in [1.29, 1.82) is 0 Å². The standard InChI is InChI=1S/C11H11ClFNO3/c12-5-1-2-10(15)14-9-6-7(11(16)17)3-4-8(9)13/h3-4,6H,1-2,5H2,(H,14,15)(H,16,17). The number of hydrogen-bond acceptors (Lipinski definition) is 2. The maximum atomic E-state index is 13.3. The first-order chi connectivity index (χ1) is 8.04. The van der Waals surface area contributed by atoms with Crippen molar-refractivity contribution in [2.75, 3.05) is 11.2 Å². The summed E-state index contributed by atoms with van der Waals surface area (Å²) in [6.45, 7) is 0. The Balaban J connectivity index is 2.79. The SMILES string of the molecule is O=C(CCCCl)Nc1cc(C(=O)O)ccc1F. The van der Waals surface area contributed by atoms with Crippen LogP contribution in [0.3, 0.4) is 0 Å². The number of alkyl halides is 1. The van der Waals surface area contributed by atoms with Gasteiger partial charge in [0.05, 0.1) is 11.3 Å². The second-order valence-electron chi connectivity index (χ2n) is 3.34. The van der Waals surface area contributed by atoms with Gasteiger partial charge in [0.25, 0.3) is 0 Å². The minimum atomic E-state index is -1.18. The Morgan fingerprint density at radius 1 is 1.41 bits per heavy atom. The number of rotatable bonds is 5. The molecule has 0 bridgehead atoms. The lowest BCUT2D eigenvalue weighted by Crippen LogP contribution is -2.13. The van der Waals surface area contributed by atoms with Gasteiger partial charge in [0, 0.05) is 12.3 Å². The molecule has 1 amide bonds. The molecule has 0 radical (unpaired) electrons. The van der Waals surface area contributed by atoms with Gasteiger partial charge in [-0.05, 0) is 24.6 Å². The summed E-state index contributed by atoms with van der Waals surface area (Å²) in [4.78, 5) is 22.0. The van der Waals surface area contributed by atoms with Crippen LogP contribution in [-0.4, -0.2) is 22.9 Å². The van der Waals surface area contributed by atoms with E-state index in [2.05, 4.69) is 5.32 Å². The molecule has 17 heavy (non-hydrogen) atoms. The summed E-state index contributed by atoms with van der Waals surface area (Å²) in [5.74, 6) is -1.91. The highest BCUT2D eigenvalue weighted by atomic mass is 35.5. The third-order valence-electron chi connectivity index (χ3n) is 2.02. The molecule has 0 aromatic heterocycles. The van der Waals surface area contributed by atoms with Crippen molar-refractivity contribution in [3.05, 3.63) is 29.6 Å². The van der Waals surface area contributed by atoms with E-state index in [1.165, 1.54) is 0 Å². The maximum Gasteiger partial charge on any atom is 0.335 e. The topological polar surface area (TPSA) is 66.4 Å². The highest BCUT2D eigenvalue weighted by Crippen LogP contribution is 2.16. The number of carboxylic acids is 1. The van der Waals surface area contributed by atoms with Crippen molar-refractivity contribution >= 4 is 29.2 Å². The Morgan fingerprint density at radius 3 is 2.71 bits per heavy atom. The first-order valence-corrected chi connectivity index (χ1v) is 5.46. The minimum Gasteiger partial charge on any atom is -0.478 e. The van der Waals surface area contributed by atoms with Gasteiger partial charge in [-0.2, -0.15) is 0 Å². The molecule has 1 aromatic rings. The van der Waals surface area contributed by atoms with Crippen LogP contribution in [-0.2, 0) is 4.79 Å². The summed E-state index contributed by atoms with van der Waals surface area (Å²) < 4.78 is 13.3. The van der Waals surface area contributed by atoms with Crippen LogP contribution in [0.2, 0.25) is 0 Å². The predicted octanol–water partition coefficient (Wildman–Crippen LogP) is 2.48. The summed E-state index contributed by atoms with van der Waals surface area (Å²) >= 11 is 5.41. The number of nitrogens with one attached hydrogen (secondary N) is 1. The zero-order valence-corrected chi connectivity index (χ0v) is 9.63. The van der Waals surface area contributed by atoms with E-state index >= 15 is 0 Å². The van der Waals surface area contributed by atoms with E-state index < -0.39 is 17.7 Å². The van der Waals surface area contributed by atoms with Crippen LogP contribution in [0.4, 0.5) is 10.1 Å². The predicted molar refractivity (Wildman–Crippen MR) is 61.9 cm³/mol. The van der Waals surface area contributed by atoms with Crippen molar-refractivity contribution in [2.45, 2.75) is 12.8 Å². The highest BCUT2D eigenvalue weighted by Gasteiger charge is 2.10. The lowest BCUT2D eigenvalue weighted by molar-refractivity contribution is -0.116. The monoisotopic (exact) mass is 259 g/mol. The van der Waals surface area contributed by atoms with Crippen LogP contribution < -0.4 is 5.32 Å². The minimum absolute atomic E-state index is 0.0842. The molecule has 1 aromatic carbocycles. The summed E-state index contributed by atoms with van der Waals surface area (Å²) in [6.07, 6.45) is 0.647. The number of aromatic carboxylic acids is 1. The largest absolute Gasteiger partial charge is 0.478 e. The van der Waals surface area contributed by atoms with Crippen molar-refractivity contribution in [3.8, 4) is 0 Å². The fraction of sp³-hybridized carbons (Fsp3) is 0.273. The van der Waals surface area contributed by atoms with E-state index in [9.17, 15) is 14.0 Å².